The molecule has 0 aliphatic carbocycles. The molecule has 0 unspecified atom stereocenters. The maximum absolute atomic E-state index is 5.77. The van der Waals surface area contributed by atoms with Gasteiger partial charge < -0.3 is 5.73 Å². The van der Waals surface area contributed by atoms with Gasteiger partial charge in [-0.1, -0.05) is 38.1 Å². The summed E-state index contributed by atoms with van der Waals surface area (Å²) in [6.07, 6.45) is 2.80. The second-order valence-electron chi connectivity index (χ2n) is 5.02. The van der Waals surface area contributed by atoms with Crippen molar-refractivity contribution in [2.45, 2.75) is 20.3 Å². The van der Waals surface area contributed by atoms with Crippen molar-refractivity contribution in [3.63, 3.8) is 0 Å². The Morgan fingerprint density at radius 3 is 2.69 bits per heavy atom. The number of fused-ring (bicyclic) bond motifs is 1. The Labute approximate surface area is 96.5 Å². The number of aromatic nitrogens is 1. The maximum Gasteiger partial charge on any atom is 0.0487 e. The Hall–Kier alpha value is -1.41. The molecule has 1 aromatic heterocycles. The van der Waals surface area contributed by atoms with E-state index in [-0.39, 0.29) is 5.41 Å². The molecule has 0 radical (unpaired) electrons. The molecule has 2 heteroatoms. The average Bonchev–Trinajstić information content (AvgIpc) is 2.29. The number of pyridine rings is 1. The van der Waals surface area contributed by atoms with E-state index >= 15 is 0 Å². The number of nitrogens with zero attached hydrogens (tertiary/aromatic N) is 1. The van der Waals surface area contributed by atoms with Gasteiger partial charge in [-0.05, 0) is 29.8 Å². The van der Waals surface area contributed by atoms with Gasteiger partial charge in [-0.3, -0.25) is 4.98 Å². The molecule has 84 valence electrons. The molecule has 0 amide bonds. The van der Waals surface area contributed by atoms with Crippen LogP contribution in [-0.4, -0.2) is 11.5 Å². The number of rotatable bonds is 3. The lowest BCUT2D eigenvalue weighted by Gasteiger charge is -2.22. The first-order valence-electron chi connectivity index (χ1n) is 5.65. The monoisotopic (exact) mass is 214 g/mol. The van der Waals surface area contributed by atoms with E-state index in [1.165, 1.54) is 10.8 Å². The van der Waals surface area contributed by atoms with Crippen LogP contribution in [0.3, 0.4) is 0 Å². The van der Waals surface area contributed by atoms with Crippen molar-refractivity contribution < 1.29 is 0 Å². The second-order valence-corrected chi connectivity index (χ2v) is 5.02. The van der Waals surface area contributed by atoms with E-state index in [1.807, 2.05) is 12.3 Å². The van der Waals surface area contributed by atoms with Gasteiger partial charge >= 0.3 is 0 Å². The Morgan fingerprint density at radius 1 is 1.19 bits per heavy atom. The fourth-order valence-corrected chi connectivity index (χ4v) is 1.85. The predicted octanol–water partition coefficient (Wildman–Crippen LogP) is 2.76. The molecule has 0 saturated carbocycles. The van der Waals surface area contributed by atoms with E-state index in [9.17, 15) is 0 Å². The molecule has 0 bridgehead atoms. The van der Waals surface area contributed by atoms with Crippen molar-refractivity contribution in [2.24, 2.45) is 11.1 Å². The molecule has 2 nitrogen and oxygen atoms in total. The Bertz CT molecular complexity index is 484. The zero-order chi connectivity index (χ0) is 11.6. The van der Waals surface area contributed by atoms with Crippen molar-refractivity contribution in [2.75, 3.05) is 6.54 Å². The van der Waals surface area contributed by atoms with Crippen LogP contribution in [0.1, 0.15) is 19.5 Å². The minimum Gasteiger partial charge on any atom is -0.330 e. The highest BCUT2D eigenvalue weighted by Gasteiger charge is 2.18. The summed E-state index contributed by atoms with van der Waals surface area (Å²) in [5.74, 6) is 0. The molecule has 1 aromatic carbocycles. The van der Waals surface area contributed by atoms with Crippen molar-refractivity contribution in [3.05, 3.63) is 42.2 Å². The lowest BCUT2D eigenvalue weighted by Crippen LogP contribution is -2.26. The molecule has 0 saturated heterocycles. The molecule has 0 spiro atoms. The standard InChI is InChI=1S/C14H18N2/c1-14(2,10-15)9-13-12-6-4-3-5-11(12)7-8-16-13/h3-8H,9-10,15H2,1-2H3. The highest BCUT2D eigenvalue weighted by molar-refractivity contribution is 5.84. The van der Waals surface area contributed by atoms with Crippen molar-refractivity contribution in [1.29, 1.82) is 0 Å². The Balaban J connectivity index is 2.45. The highest BCUT2D eigenvalue weighted by atomic mass is 14.7. The largest absolute Gasteiger partial charge is 0.330 e. The van der Waals surface area contributed by atoms with Gasteiger partial charge in [0, 0.05) is 17.3 Å². The topological polar surface area (TPSA) is 38.9 Å². The lowest BCUT2D eigenvalue weighted by molar-refractivity contribution is 0.374. The first-order chi connectivity index (χ1) is 7.62. The quantitative estimate of drug-likeness (QED) is 0.853. The van der Waals surface area contributed by atoms with Crippen LogP contribution in [0.15, 0.2) is 36.5 Å². The Kier molecular flexibility index (Phi) is 2.92. The maximum atomic E-state index is 5.77. The number of nitrogens with two attached hydrogens (primary N) is 1. The van der Waals surface area contributed by atoms with Crippen LogP contribution in [-0.2, 0) is 6.42 Å². The fraction of sp³-hybridized carbons (Fsp3) is 0.357. The van der Waals surface area contributed by atoms with Gasteiger partial charge in [-0.15, -0.1) is 0 Å². The van der Waals surface area contributed by atoms with Crippen LogP contribution in [0.25, 0.3) is 10.8 Å². The van der Waals surface area contributed by atoms with Crippen LogP contribution in [0.5, 0.6) is 0 Å². The van der Waals surface area contributed by atoms with Gasteiger partial charge in [0.25, 0.3) is 0 Å². The van der Waals surface area contributed by atoms with Crippen LogP contribution >= 0.6 is 0 Å². The summed E-state index contributed by atoms with van der Waals surface area (Å²) in [7, 11) is 0. The molecule has 0 fully saturated rings. The average molecular weight is 214 g/mol. The smallest absolute Gasteiger partial charge is 0.0487 e. The minimum absolute atomic E-state index is 0.108. The van der Waals surface area contributed by atoms with Gasteiger partial charge in [-0.25, -0.2) is 0 Å². The molecule has 2 rings (SSSR count). The summed E-state index contributed by atoms with van der Waals surface area (Å²) in [6, 6.07) is 10.4. The van der Waals surface area contributed by atoms with E-state index in [4.69, 9.17) is 5.73 Å². The molecular formula is C14H18N2. The summed E-state index contributed by atoms with van der Waals surface area (Å²) < 4.78 is 0. The molecule has 1 heterocycles. The lowest BCUT2D eigenvalue weighted by atomic mass is 9.86. The van der Waals surface area contributed by atoms with E-state index in [0.29, 0.717) is 6.54 Å². The zero-order valence-corrected chi connectivity index (χ0v) is 9.90. The molecule has 0 aliphatic rings. The van der Waals surface area contributed by atoms with Crippen LogP contribution in [0.2, 0.25) is 0 Å². The summed E-state index contributed by atoms with van der Waals surface area (Å²) in [4.78, 5) is 4.48. The predicted molar refractivity (Wildman–Crippen MR) is 68.3 cm³/mol. The van der Waals surface area contributed by atoms with E-state index in [0.717, 1.165) is 12.1 Å². The van der Waals surface area contributed by atoms with Crippen LogP contribution in [0.4, 0.5) is 0 Å². The number of hydrogen-bond donors (Lipinski definition) is 1. The normalized spacial score (nSPS) is 11.9. The first-order valence-corrected chi connectivity index (χ1v) is 5.65. The molecule has 0 aliphatic heterocycles. The highest BCUT2D eigenvalue weighted by Crippen LogP contribution is 2.24. The summed E-state index contributed by atoms with van der Waals surface area (Å²) in [6.45, 7) is 5.03. The summed E-state index contributed by atoms with van der Waals surface area (Å²) in [5.41, 5.74) is 7.03. The number of hydrogen-bond acceptors (Lipinski definition) is 2. The van der Waals surface area contributed by atoms with Gasteiger partial charge in [0.15, 0.2) is 0 Å². The summed E-state index contributed by atoms with van der Waals surface area (Å²) in [5, 5.41) is 2.49. The molecule has 0 atom stereocenters. The van der Waals surface area contributed by atoms with Crippen molar-refractivity contribution >= 4 is 10.8 Å². The van der Waals surface area contributed by atoms with Gasteiger partial charge in [0.2, 0.25) is 0 Å². The van der Waals surface area contributed by atoms with Gasteiger partial charge in [-0.2, -0.15) is 0 Å². The van der Waals surface area contributed by atoms with Gasteiger partial charge in [0.05, 0.1) is 0 Å². The van der Waals surface area contributed by atoms with Crippen molar-refractivity contribution in [3.8, 4) is 0 Å². The molecule has 16 heavy (non-hydrogen) atoms. The second kappa shape index (κ2) is 4.22. The third-order valence-electron chi connectivity index (χ3n) is 2.95. The van der Waals surface area contributed by atoms with E-state index in [2.05, 4.69) is 43.1 Å². The molecule has 2 aromatic rings. The van der Waals surface area contributed by atoms with E-state index in [1.54, 1.807) is 0 Å². The fourth-order valence-electron chi connectivity index (χ4n) is 1.85. The minimum atomic E-state index is 0.108. The van der Waals surface area contributed by atoms with Crippen molar-refractivity contribution in [1.82, 2.24) is 4.98 Å². The molecular weight excluding hydrogens is 196 g/mol. The Morgan fingerprint density at radius 2 is 1.94 bits per heavy atom. The van der Waals surface area contributed by atoms with Crippen LogP contribution in [0, 0.1) is 5.41 Å². The number of benzene rings is 1. The SMILES string of the molecule is CC(C)(CN)Cc1nccc2ccccc12. The van der Waals surface area contributed by atoms with Crippen LogP contribution < -0.4 is 5.73 Å². The third kappa shape index (κ3) is 2.22. The molecule has 2 N–H and O–H groups in total. The zero-order valence-electron chi connectivity index (χ0n) is 9.90. The van der Waals surface area contributed by atoms with Gasteiger partial charge in [0.1, 0.15) is 0 Å². The van der Waals surface area contributed by atoms with E-state index < -0.39 is 0 Å². The summed E-state index contributed by atoms with van der Waals surface area (Å²) >= 11 is 0. The third-order valence-corrected chi connectivity index (χ3v) is 2.95. The first kappa shape index (κ1) is 11.1.